The van der Waals surface area contributed by atoms with Gasteiger partial charge in [0.1, 0.15) is 41.4 Å². The molecule has 24 nitrogen and oxygen atoms in total. The first-order chi connectivity index (χ1) is 53.7. The first-order valence-corrected chi connectivity index (χ1v) is 39.3. The number of ether oxygens (including phenoxy) is 3. The normalized spacial score (nSPS) is 20.5. The maximum absolute atomic E-state index is 14.0. The van der Waals surface area contributed by atoms with E-state index in [1.54, 1.807) is 21.1 Å². The lowest BCUT2D eigenvalue weighted by Gasteiger charge is -2.34. The number of H-pyrrole nitrogens is 4. The summed E-state index contributed by atoms with van der Waals surface area (Å²) >= 11 is 0. The van der Waals surface area contributed by atoms with E-state index in [9.17, 15) is 28.8 Å². The van der Waals surface area contributed by atoms with Crippen LogP contribution in [0.15, 0.2) is 146 Å². The van der Waals surface area contributed by atoms with Gasteiger partial charge in [-0.1, -0.05) is 178 Å². The number of nitrogens with zero attached hydrogens (tertiary/aromatic N) is 10. The van der Waals surface area contributed by atoms with Crippen molar-refractivity contribution >= 4 is 58.1 Å². The van der Waals surface area contributed by atoms with Crippen LogP contribution in [0.25, 0.3) is 89.1 Å². The molecule has 6 amide bonds. The molecule has 5 N–H and O–H groups in total. The van der Waals surface area contributed by atoms with Crippen molar-refractivity contribution in [3.63, 3.8) is 0 Å². The predicted molar refractivity (Wildman–Crippen MR) is 435 cm³/mol. The Morgan fingerprint density at radius 3 is 0.991 bits per heavy atom. The van der Waals surface area contributed by atoms with Gasteiger partial charge in [-0.3, -0.25) is 29.1 Å². The van der Waals surface area contributed by atoms with Gasteiger partial charge in [-0.25, -0.2) is 34.3 Å². The number of rotatable bonds is 19. The van der Waals surface area contributed by atoms with Crippen molar-refractivity contribution in [2.24, 2.45) is 41.4 Å². The van der Waals surface area contributed by atoms with Crippen LogP contribution >= 0.6 is 0 Å². The van der Waals surface area contributed by atoms with E-state index >= 15 is 0 Å². The molecule has 588 valence electrons. The number of fused-ring (bicyclic) bond motifs is 2. The Bertz CT molecular complexity index is 5010. The highest BCUT2D eigenvalue weighted by Gasteiger charge is 2.46. The summed E-state index contributed by atoms with van der Waals surface area (Å²) in [6.45, 7) is 23.2. The van der Waals surface area contributed by atoms with Crippen molar-refractivity contribution in [2.45, 2.75) is 137 Å². The number of carbonyl (C=O) groups is 6. The van der Waals surface area contributed by atoms with Gasteiger partial charge < -0.3 is 54.2 Å². The van der Waals surface area contributed by atoms with Gasteiger partial charge in [0.2, 0.25) is 17.7 Å². The average Bonchev–Trinajstić information content (AvgIpc) is 1.64. The lowest BCUT2D eigenvalue weighted by atomic mass is 9.99. The fourth-order valence-electron chi connectivity index (χ4n) is 17.2. The Labute approximate surface area is 655 Å². The highest BCUT2D eigenvalue weighted by atomic mass is 16.6. The van der Waals surface area contributed by atoms with Crippen LogP contribution in [0, 0.1) is 41.4 Å². The fraction of sp³-hybridized carbons (Fsp3) is 0.432. The van der Waals surface area contributed by atoms with Crippen molar-refractivity contribution in [1.29, 1.82) is 0 Å². The maximum Gasteiger partial charge on any atom is 0.409 e. The molecule has 6 aromatic carbocycles. The van der Waals surface area contributed by atoms with Gasteiger partial charge in [-0.2, -0.15) is 0 Å². The maximum atomic E-state index is 14.0. The molecule has 0 bridgehead atoms. The van der Waals surface area contributed by atoms with E-state index in [2.05, 4.69) is 179 Å². The monoisotopic (exact) mass is 1520 g/mol. The topological polar surface area (TPSA) is 276 Å². The van der Waals surface area contributed by atoms with Gasteiger partial charge in [-0.15, -0.1) is 0 Å². The third kappa shape index (κ3) is 16.5. The van der Waals surface area contributed by atoms with Crippen LogP contribution in [-0.4, -0.2) is 192 Å². The standard InChI is InChI=1S/C48H60N8O6.C40H47N7O3/c1-27(2)41(53(7)47(59)61-9)45(57)55-25-29(5)21-39(55)43-49-24-38(52-43)34-17-15-32(16-18-34)31-11-13-33(14-12-31)35-19-20-36-37(23-35)51-44(50-36)40-22-30(6)26-56(40)46(58)42(28(3)4)54(8)48(60)62-10;1-23(2)36(46(5)40(49)50-6)39(48)47-22-25(4)18-35(47)38-43-31-16-15-30(19-32(31)44-38)28-9-7-26(8-10-28)27-11-13-29(14-12-27)34-21-42-37(45-34)33-17-24(3)20-41-33/h11-20,23-24,27-30,39-42H,21-22,25-26H2,1-10H3,(H,49,52)(H,50,51);7-16,19,21,23-25,33,35-36,41H,17-18,20,22H2,1-6H3,(H,42,45)(H,43,44)/t29-,30-,39-,40-,41-,42-;24-,25-,33-,35-,36-/m00/s1. The number of benzene rings is 6. The minimum Gasteiger partial charge on any atom is -0.453 e. The summed E-state index contributed by atoms with van der Waals surface area (Å²) in [4.78, 5) is 122. The second-order valence-electron chi connectivity index (χ2n) is 32.5. The SMILES string of the molecule is COC(=O)N(C)[C@H](C(=O)N1C[C@@H](C)C[C@H]1c1nc2ccc(-c3ccc(-c4ccc(-c5cnc([C@@H]6C[C@H](C)CN6)[nH]5)cc4)cc3)cc2[nH]1)C(C)C.COC(=O)N(C)[C@H](C(=O)N1C[C@@H](C)C[C@H]1c1ncc(-c2ccc(-c3ccc(-c4ccc5nc([C@@H]6C[C@H](C)CN6C(=O)[C@H](C(C)C)N(C)C(=O)OC)[nH]c5c4)cc3)cc2)[nH]1)C(C)C. The third-order valence-electron chi connectivity index (χ3n) is 23.0. The zero-order valence-electron chi connectivity index (χ0n) is 67.2. The summed E-state index contributed by atoms with van der Waals surface area (Å²) in [6, 6.07) is 44.2. The zero-order valence-corrected chi connectivity index (χ0v) is 67.2. The van der Waals surface area contributed by atoms with Crippen molar-refractivity contribution < 1.29 is 43.0 Å². The molecule has 112 heavy (non-hydrogen) atoms. The molecule has 14 rings (SSSR count). The number of aromatic amines is 4. The van der Waals surface area contributed by atoms with E-state index in [-0.39, 0.29) is 65.4 Å². The van der Waals surface area contributed by atoms with Gasteiger partial charge in [0.25, 0.3) is 0 Å². The molecule has 4 aliphatic heterocycles. The lowest BCUT2D eigenvalue weighted by Crippen LogP contribution is -2.52. The molecule has 0 saturated carbocycles. The smallest absolute Gasteiger partial charge is 0.409 e. The predicted octanol–water partition coefficient (Wildman–Crippen LogP) is 16.1. The second kappa shape index (κ2) is 33.4. The Morgan fingerprint density at radius 1 is 0.384 bits per heavy atom. The van der Waals surface area contributed by atoms with Gasteiger partial charge in [-0.05, 0) is 154 Å². The molecule has 8 heterocycles. The number of aromatic nitrogens is 8. The average molecular weight is 1520 g/mol. The van der Waals surface area contributed by atoms with E-state index < -0.39 is 36.4 Å². The molecular weight excluding hydrogens is 1410 g/mol. The van der Waals surface area contributed by atoms with Crippen molar-refractivity contribution in [3.8, 4) is 67.0 Å². The summed E-state index contributed by atoms with van der Waals surface area (Å²) < 4.78 is 14.8. The fourth-order valence-corrected chi connectivity index (χ4v) is 17.2. The Hall–Kier alpha value is -11.1. The highest BCUT2D eigenvalue weighted by molar-refractivity contribution is 5.90. The summed E-state index contributed by atoms with van der Waals surface area (Å²) in [5.74, 6) is 4.22. The number of methoxy groups -OCH3 is 3. The van der Waals surface area contributed by atoms with Crippen LogP contribution in [0.1, 0.15) is 142 Å². The number of likely N-dealkylation sites (tertiary alicyclic amines) is 3. The van der Waals surface area contributed by atoms with Crippen molar-refractivity contribution in [1.82, 2.24) is 74.6 Å². The number of likely N-dealkylation sites (N-methyl/N-ethyl adjacent to an activating group) is 3. The van der Waals surface area contributed by atoms with E-state index in [0.717, 1.165) is 145 Å². The molecule has 0 unspecified atom stereocenters. The molecule has 0 radical (unpaired) electrons. The van der Waals surface area contributed by atoms with E-state index in [0.29, 0.717) is 37.5 Å². The molecule has 4 saturated heterocycles. The number of imidazole rings is 4. The van der Waals surface area contributed by atoms with E-state index in [1.807, 2.05) is 80.8 Å². The molecule has 0 aliphatic carbocycles. The summed E-state index contributed by atoms with van der Waals surface area (Å²) in [7, 11) is 8.84. The van der Waals surface area contributed by atoms with Gasteiger partial charge in [0.15, 0.2) is 0 Å². The van der Waals surface area contributed by atoms with Crippen molar-refractivity contribution in [3.05, 3.63) is 169 Å². The van der Waals surface area contributed by atoms with E-state index in [4.69, 9.17) is 29.2 Å². The Kier molecular flexibility index (Phi) is 23.6. The van der Waals surface area contributed by atoms with Crippen LogP contribution in [0.3, 0.4) is 0 Å². The van der Waals surface area contributed by atoms with Crippen LogP contribution in [0.4, 0.5) is 14.4 Å². The molecule has 0 spiro atoms. The minimum absolute atomic E-state index is 0.0780. The number of hydrogen-bond donors (Lipinski definition) is 5. The van der Waals surface area contributed by atoms with Crippen molar-refractivity contribution in [2.75, 3.05) is 68.7 Å². The molecule has 11 atom stereocenters. The van der Waals surface area contributed by atoms with Crippen LogP contribution in [0.2, 0.25) is 0 Å². The first-order valence-electron chi connectivity index (χ1n) is 39.3. The number of amides is 6. The minimum atomic E-state index is -0.651. The highest BCUT2D eigenvalue weighted by Crippen LogP contribution is 2.42. The van der Waals surface area contributed by atoms with Gasteiger partial charge in [0, 0.05) is 40.8 Å². The molecular formula is C88H107N15O9. The quantitative estimate of drug-likeness (QED) is 0.0471. The molecule has 4 fully saturated rings. The molecule has 10 aromatic rings. The number of hydrogen-bond acceptors (Lipinski definition) is 14. The first kappa shape index (κ1) is 79.0. The summed E-state index contributed by atoms with van der Waals surface area (Å²) in [5.41, 5.74) is 16.3. The number of carbonyl (C=O) groups excluding carboxylic acids is 6. The van der Waals surface area contributed by atoms with Crippen LogP contribution in [0.5, 0.6) is 0 Å². The molecule has 24 heteroatoms. The van der Waals surface area contributed by atoms with Gasteiger partial charge >= 0.3 is 18.3 Å². The zero-order chi connectivity index (χ0) is 79.7. The third-order valence-corrected chi connectivity index (χ3v) is 23.0. The number of nitrogens with one attached hydrogen (secondary N) is 5. The van der Waals surface area contributed by atoms with Gasteiger partial charge in [0.05, 0.1) is 91.3 Å². The lowest BCUT2D eigenvalue weighted by molar-refractivity contribution is -0.139. The van der Waals surface area contributed by atoms with E-state index in [1.165, 1.54) is 36.0 Å². The molecule has 4 aromatic heterocycles. The largest absolute Gasteiger partial charge is 0.453 e. The van der Waals surface area contributed by atoms with Crippen LogP contribution in [-0.2, 0) is 28.6 Å². The Balaban J connectivity index is 0.000000200. The summed E-state index contributed by atoms with van der Waals surface area (Å²) in [6.07, 6.45) is 5.62. The summed E-state index contributed by atoms with van der Waals surface area (Å²) in [5, 5.41) is 3.55. The molecule has 4 aliphatic rings. The van der Waals surface area contributed by atoms with Crippen LogP contribution < -0.4 is 5.32 Å². The second-order valence-corrected chi connectivity index (χ2v) is 32.5. The Morgan fingerprint density at radius 2 is 0.679 bits per heavy atom.